The number of unbranched alkanes of at least 4 members (excludes halogenated alkanes) is 2. The van der Waals surface area contributed by atoms with Crippen LogP contribution in [0.5, 0.6) is 5.75 Å². The van der Waals surface area contributed by atoms with E-state index < -0.39 is 37.3 Å². The molecule has 0 aliphatic carbocycles. The van der Waals surface area contributed by atoms with Crippen LogP contribution in [0.2, 0.25) is 0 Å². The normalized spacial score (nSPS) is 12.5. The molecule has 0 aliphatic heterocycles. The third kappa shape index (κ3) is 10.0. The van der Waals surface area contributed by atoms with Crippen LogP contribution < -0.4 is 20.7 Å². The molecule has 3 rings (SSSR count). The lowest BCUT2D eigenvalue weighted by Gasteiger charge is -2.31. The van der Waals surface area contributed by atoms with Crippen molar-refractivity contribution in [2.75, 3.05) is 13.3 Å². The third-order valence-electron chi connectivity index (χ3n) is 7.13. The van der Waals surface area contributed by atoms with Gasteiger partial charge in [0, 0.05) is 5.56 Å². The summed E-state index contributed by atoms with van der Waals surface area (Å²) in [5.41, 5.74) is 0.550. The van der Waals surface area contributed by atoms with Crippen molar-refractivity contribution in [3.05, 3.63) is 72.0 Å². The molecule has 0 radical (unpaired) electrons. The van der Waals surface area contributed by atoms with Crippen molar-refractivity contribution in [2.45, 2.75) is 58.9 Å². The molecule has 1 unspecified atom stereocenters. The van der Waals surface area contributed by atoms with E-state index in [0.717, 1.165) is 17.9 Å². The number of ether oxygens (including phenoxy) is 1. The summed E-state index contributed by atoms with van der Waals surface area (Å²) in [5.74, 6) is -2.26. The number of furan rings is 1. The van der Waals surface area contributed by atoms with Gasteiger partial charge >= 0.3 is 13.6 Å². The Hall–Kier alpha value is -4.45. The van der Waals surface area contributed by atoms with Crippen LogP contribution in [0.25, 0.3) is 11.3 Å². The first-order valence-electron chi connectivity index (χ1n) is 15.0. The van der Waals surface area contributed by atoms with Crippen molar-refractivity contribution in [3.8, 4) is 17.1 Å². The fraction of sp³-hybridized carbons (Fsp3) is 0.375. The molecule has 13 nitrogen and oxygen atoms in total. The largest absolute Gasteiger partial charge is 0.494 e. The van der Waals surface area contributed by atoms with Gasteiger partial charge in [0.1, 0.15) is 11.5 Å². The van der Waals surface area contributed by atoms with Crippen LogP contribution in [0.15, 0.2) is 65.1 Å². The average molecular weight is 658 g/mol. The van der Waals surface area contributed by atoms with Gasteiger partial charge in [-0.05, 0) is 62.2 Å². The molecule has 2 atom stereocenters. The number of carbonyl (C=O) groups excluding carboxylic acids is 4. The highest BCUT2D eigenvalue weighted by atomic mass is 31.2. The van der Waals surface area contributed by atoms with Gasteiger partial charge in [-0.15, -0.1) is 0 Å². The summed E-state index contributed by atoms with van der Waals surface area (Å²) in [5, 5.41) is 5.85. The lowest BCUT2D eigenvalue weighted by Crippen LogP contribution is -2.49. The van der Waals surface area contributed by atoms with Crippen LogP contribution in [0, 0.1) is 5.92 Å². The van der Waals surface area contributed by atoms with Gasteiger partial charge in [-0.3, -0.25) is 18.9 Å². The highest BCUT2D eigenvalue weighted by Crippen LogP contribution is 2.37. The molecule has 1 aromatic heterocycles. The molecule has 0 bridgehead atoms. The van der Waals surface area contributed by atoms with E-state index in [1.165, 1.54) is 30.3 Å². The number of hydrogen-bond donors (Lipinski definition) is 4. The molecule has 14 heteroatoms. The minimum Gasteiger partial charge on any atom is -0.494 e. The first kappa shape index (κ1) is 36.0. The topological polar surface area (TPSA) is 185 Å². The molecule has 2 aromatic carbocycles. The average Bonchev–Trinajstić information content (AvgIpc) is 3.54. The number of rotatable bonds is 18. The summed E-state index contributed by atoms with van der Waals surface area (Å²) < 4.78 is 22.9. The summed E-state index contributed by atoms with van der Waals surface area (Å²) in [7, 11) is -4.60. The van der Waals surface area contributed by atoms with E-state index in [0.29, 0.717) is 31.2 Å². The zero-order valence-corrected chi connectivity index (χ0v) is 26.9. The van der Waals surface area contributed by atoms with Gasteiger partial charge in [-0.2, -0.15) is 5.06 Å². The Bertz CT molecular complexity index is 1520. The standard InChI is InChI=1S/C32H40N3O10P/c1-4-7-9-14-26(27(5-2)35(21-36)45-32(39)22-12-10-8-11-13-22)30(37)33-20-34-31(38)29-16-15-28(44-29)23-17-24(43-6-3)19-25(18-23)46(40,41)42/h8,10-13,15-19,21,26-27H,4-7,9,14,20H2,1-3H3,(H,33,37)(H,34,38)(H2,40,41,42)/t26?,27-/m1/s1. The molecule has 0 spiro atoms. The smallest absolute Gasteiger partial charge is 0.363 e. The molecule has 0 fully saturated rings. The molecular weight excluding hydrogens is 617 g/mol. The fourth-order valence-electron chi connectivity index (χ4n) is 4.83. The van der Waals surface area contributed by atoms with Crippen LogP contribution in [-0.2, 0) is 19.0 Å². The minimum absolute atomic E-state index is 0.102. The van der Waals surface area contributed by atoms with Crippen molar-refractivity contribution in [1.82, 2.24) is 15.7 Å². The molecule has 0 saturated carbocycles. The van der Waals surface area contributed by atoms with Crippen molar-refractivity contribution < 1.29 is 47.5 Å². The Morgan fingerprint density at radius 1 is 1.00 bits per heavy atom. The van der Waals surface area contributed by atoms with Gasteiger partial charge in [-0.25, -0.2) is 4.79 Å². The predicted octanol–water partition coefficient (Wildman–Crippen LogP) is 4.16. The van der Waals surface area contributed by atoms with Crippen LogP contribution in [0.4, 0.5) is 0 Å². The van der Waals surface area contributed by atoms with E-state index in [4.69, 9.17) is 14.0 Å². The Morgan fingerprint density at radius 2 is 1.74 bits per heavy atom. The van der Waals surface area contributed by atoms with E-state index >= 15 is 0 Å². The SMILES string of the molecule is CCCCCC(C(=O)NCNC(=O)c1ccc(-c2cc(OCC)cc(P(=O)(O)O)c2)o1)[C@@H](CC)N(C=O)OC(=O)c1ccccc1. The molecule has 248 valence electrons. The second kappa shape index (κ2) is 17.3. The van der Waals surface area contributed by atoms with Crippen LogP contribution >= 0.6 is 7.60 Å². The molecule has 0 aliphatic rings. The van der Waals surface area contributed by atoms with E-state index in [9.17, 15) is 33.5 Å². The van der Waals surface area contributed by atoms with Crippen molar-refractivity contribution in [3.63, 3.8) is 0 Å². The van der Waals surface area contributed by atoms with Gasteiger partial charge in [0.2, 0.25) is 12.3 Å². The number of carbonyl (C=O) groups is 4. The number of hydroxylamine groups is 2. The van der Waals surface area contributed by atoms with Crippen LogP contribution in [0.3, 0.4) is 0 Å². The quantitative estimate of drug-likeness (QED) is 0.0509. The van der Waals surface area contributed by atoms with E-state index in [1.54, 1.807) is 44.2 Å². The zero-order chi connectivity index (χ0) is 33.7. The van der Waals surface area contributed by atoms with E-state index in [2.05, 4.69) is 10.6 Å². The van der Waals surface area contributed by atoms with Crippen molar-refractivity contribution in [1.29, 1.82) is 0 Å². The van der Waals surface area contributed by atoms with Gasteiger partial charge in [0.15, 0.2) is 5.76 Å². The van der Waals surface area contributed by atoms with Crippen molar-refractivity contribution in [2.24, 2.45) is 5.92 Å². The summed E-state index contributed by atoms with van der Waals surface area (Å²) in [6.45, 7) is 5.54. The molecule has 0 saturated heterocycles. The Kier molecular flexibility index (Phi) is 13.5. The molecule has 1 heterocycles. The lowest BCUT2D eigenvalue weighted by molar-refractivity contribution is -0.171. The molecular formula is C32H40N3O10P. The summed E-state index contributed by atoms with van der Waals surface area (Å²) in [4.78, 5) is 75.5. The van der Waals surface area contributed by atoms with Crippen molar-refractivity contribution >= 4 is 37.1 Å². The third-order valence-corrected chi connectivity index (χ3v) is 8.06. The van der Waals surface area contributed by atoms with E-state index in [-0.39, 0.29) is 41.4 Å². The minimum atomic E-state index is -4.60. The van der Waals surface area contributed by atoms with Gasteiger partial charge in [-0.1, -0.05) is 51.3 Å². The Morgan fingerprint density at radius 3 is 2.37 bits per heavy atom. The number of nitrogens with one attached hydrogen (secondary N) is 2. The number of amides is 3. The molecule has 46 heavy (non-hydrogen) atoms. The van der Waals surface area contributed by atoms with E-state index in [1.807, 2.05) is 6.92 Å². The second-order valence-electron chi connectivity index (χ2n) is 10.4. The number of hydrogen-bond acceptors (Lipinski definition) is 8. The Balaban J connectivity index is 1.69. The first-order chi connectivity index (χ1) is 22.0. The van der Waals surface area contributed by atoms with Gasteiger partial charge < -0.3 is 34.4 Å². The number of nitrogens with zero attached hydrogens (tertiary/aromatic N) is 1. The second-order valence-corrected chi connectivity index (χ2v) is 12.0. The van der Waals surface area contributed by atoms with Crippen LogP contribution in [-0.4, -0.2) is 58.4 Å². The maximum absolute atomic E-state index is 13.4. The predicted molar refractivity (Wildman–Crippen MR) is 169 cm³/mol. The number of benzene rings is 2. The van der Waals surface area contributed by atoms with Crippen LogP contribution in [0.1, 0.15) is 73.8 Å². The molecule has 4 N–H and O–H groups in total. The zero-order valence-electron chi connectivity index (χ0n) is 26.0. The maximum Gasteiger partial charge on any atom is 0.363 e. The highest BCUT2D eigenvalue weighted by Gasteiger charge is 2.33. The maximum atomic E-state index is 13.4. The summed E-state index contributed by atoms with van der Waals surface area (Å²) in [6, 6.07) is 14.3. The van der Waals surface area contributed by atoms with Gasteiger partial charge in [0.25, 0.3) is 5.91 Å². The first-order valence-corrected chi connectivity index (χ1v) is 16.6. The summed E-state index contributed by atoms with van der Waals surface area (Å²) >= 11 is 0. The summed E-state index contributed by atoms with van der Waals surface area (Å²) in [6.07, 6.45) is 3.58. The Labute approximate surface area is 267 Å². The molecule has 3 aromatic rings. The lowest BCUT2D eigenvalue weighted by atomic mass is 9.90. The monoisotopic (exact) mass is 657 g/mol. The van der Waals surface area contributed by atoms with Gasteiger partial charge in [0.05, 0.1) is 36.1 Å². The highest BCUT2D eigenvalue weighted by molar-refractivity contribution is 7.60. The fourth-order valence-corrected chi connectivity index (χ4v) is 5.44. The molecule has 3 amide bonds.